The Morgan fingerprint density at radius 1 is 1.50 bits per heavy atom. The van der Waals surface area contributed by atoms with Gasteiger partial charge in [-0.25, -0.2) is 17.5 Å². The van der Waals surface area contributed by atoms with Gasteiger partial charge < -0.3 is 5.73 Å². The Balaban J connectivity index is 2.11. The lowest BCUT2D eigenvalue weighted by molar-refractivity contribution is 0.546. The van der Waals surface area contributed by atoms with Crippen LogP contribution in [0.25, 0.3) is 0 Å². The molecule has 1 fully saturated rings. The van der Waals surface area contributed by atoms with Crippen LogP contribution in [0, 0.1) is 11.7 Å². The molecule has 0 heterocycles. The first-order chi connectivity index (χ1) is 8.40. The molecule has 0 saturated heterocycles. The molecule has 0 aromatic heterocycles. The molecule has 100 valence electrons. The van der Waals surface area contributed by atoms with Crippen molar-refractivity contribution in [1.82, 2.24) is 4.72 Å². The van der Waals surface area contributed by atoms with E-state index in [0.717, 1.165) is 25.0 Å². The van der Waals surface area contributed by atoms with Crippen molar-refractivity contribution >= 4 is 21.6 Å². The summed E-state index contributed by atoms with van der Waals surface area (Å²) < 4.78 is 39.3. The Hall–Kier alpha value is -0.690. The molecule has 1 atom stereocenters. The molecule has 2 rings (SSSR count). The lowest BCUT2D eigenvalue weighted by atomic mass is 10.2. The Morgan fingerprint density at radius 2 is 2.17 bits per heavy atom. The Kier molecular flexibility index (Phi) is 3.91. The van der Waals surface area contributed by atoms with Crippen LogP contribution in [0.1, 0.15) is 12.8 Å². The lowest BCUT2D eigenvalue weighted by Crippen LogP contribution is -2.38. The topological polar surface area (TPSA) is 72.2 Å². The second-order valence-electron chi connectivity index (χ2n) is 4.43. The maximum Gasteiger partial charge on any atom is 0.242 e. The third-order valence-electron chi connectivity index (χ3n) is 2.92. The van der Waals surface area contributed by atoms with E-state index in [2.05, 4.69) is 4.72 Å². The molecule has 7 heteroatoms. The Morgan fingerprint density at radius 3 is 2.78 bits per heavy atom. The molecule has 1 aliphatic rings. The fraction of sp³-hybridized carbons (Fsp3) is 0.455. The van der Waals surface area contributed by atoms with Gasteiger partial charge in [-0.15, -0.1) is 0 Å². The molecule has 0 amide bonds. The molecule has 18 heavy (non-hydrogen) atoms. The fourth-order valence-electron chi connectivity index (χ4n) is 1.66. The van der Waals surface area contributed by atoms with E-state index in [1.807, 2.05) is 0 Å². The van der Waals surface area contributed by atoms with Gasteiger partial charge in [-0.2, -0.15) is 0 Å². The van der Waals surface area contributed by atoms with Crippen LogP contribution in [0.15, 0.2) is 23.1 Å². The first-order valence-electron chi connectivity index (χ1n) is 5.60. The average Bonchev–Trinajstić information content (AvgIpc) is 3.13. The maximum atomic E-state index is 13.0. The third-order valence-corrected chi connectivity index (χ3v) is 4.82. The van der Waals surface area contributed by atoms with Gasteiger partial charge in [0.15, 0.2) is 0 Å². The minimum atomic E-state index is -3.82. The predicted molar refractivity (Wildman–Crippen MR) is 67.3 cm³/mol. The number of nitrogens with one attached hydrogen (secondary N) is 1. The van der Waals surface area contributed by atoms with Crippen LogP contribution < -0.4 is 10.5 Å². The molecule has 1 unspecified atom stereocenters. The third kappa shape index (κ3) is 3.20. The van der Waals surface area contributed by atoms with Crippen molar-refractivity contribution < 1.29 is 12.8 Å². The summed E-state index contributed by atoms with van der Waals surface area (Å²) in [5.74, 6) is -0.262. The highest BCUT2D eigenvalue weighted by atomic mass is 35.5. The summed E-state index contributed by atoms with van der Waals surface area (Å²) in [4.78, 5) is -0.257. The highest BCUT2D eigenvalue weighted by Gasteiger charge is 2.29. The molecular weight excluding hydrogens is 279 g/mol. The van der Waals surface area contributed by atoms with Crippen molar-refractivity contribution in [3.63, 3.8) is 0 Å². The molecule has 3 N–H and O–H groups in total. The van der Waals surface area contributed by atoms with Crippen LogP contribution in [0.2, 0.25) is 5.02 Å². The van der Waals surface area contributed by atoms with Gasteiger partial charge in [0.1, 0.15) is 10.7 Å². The zero-order valence-electron chi connectivity index (χ0n) is 9.57. The van der Waals surface area contributed by atoms with Gasteiger partial charge in [0.05, 0.1) is 5.02 Å². The van der Waals surface area contributed by atoms with Crippen molar-refractivity contribution in [2.45, 2.75) is 23.8 Å². The number of benzene rings is 1. The number of rotatable bonds is 5. The van der Waals surface area contributed by atoms with E-state index in [1.165, 1.54) is 6.07 Å². The van der Waals surface area contributed by atoms with Crippen molar-refractivity contribution in [2.24, 2.45) is 11.7 Å². The first-order valence-corrected chi connectivity index (χ1v) is 7.46. The van der Waals surface area contributed by atoms with E-state index in [4.69, 9.17) is 17.3 Å². The lowest BCUT2D eigenvalue weighted by Gasteiger charge is -2.12. The monoisotopic (exact) mass is 292 g/mol. The summed E-state index contributed by atoms with van der Waals surface area (Å²) in [6.45, 7) is 0.139. The van der Waals surface area contributed by atoms with Gasteiger partial charge in [0, 0.05) is 12.6 Å². The van der Waals surface area contributed by atoms with Crippen molar-refractivity contribution in [1.29, 1.82) is 0 Å². The molecule has 0 aliphatic heterocycles. The van der Waals surface area contributed by atoms with Crippen LogP contribution in [-0.4, -0.2) is 21.0 Å². The highest BCUT2D eigenvalue weighted by Crippen LogP contribution is 2.31. The number of halogens is 2. The van der Waals surface area contributed by atoms with E-state index < -0.39 is 15.8 Å². The van der Waals surface area contributed by atoms with Crippen molar-refractivity contribution in [3.8, 4) is 0 Å². The first kappa shape index (κ1) is 13.7. The Labute approximate surface area is 110 Å². The molecular formula is C11H14ClFN2O2S. The highest BCUT2D eigenvalue weighted by molar-refractivity contribution is 7.89. The zero-order valence-corrected chi connectivity index (χ0v) is 11.1. The van der Waals surface area contributed by atoms with E-state index in [9.17, 15) is 12.8 Å². The molecule has 0 radical (unpaired) electrons. The summed E-state index contributed by atoms with van der Waals surface area (Å²) in [7, 11) is -3.82. The van der Waals surface area contributed by atoms with E-state index in [0.29, 0.717) is 5.92 Å². The minimum absolute atomic E-state index is 0.0103. The van der Waals surface area contributed by atoms with Crippen LogP contribution >= 0.6 is 11.6 Å². The Bertz CT molecular complexity index is 546. The normalized spacial score (nSPS) is 17.7. The van der Waals surface area contributed by atoms with Gasteiger partial charge in [-0.05, 0) is 37.0 Å². The van der Waals surface area contributed by atoms with Crippen molar-refractivity contribution in [3.05, 3.63) is 29.0 Å². The summed E-state index contributed by atoms with van der Waals surface area (Å²) in [6, 6.07) is 3.02. The SMILES string of the molecule is NC(CNS(=O)(=O)c1cc(F)ccc1Cl)C1CC1. The van der Waals surface area contributed by atoms with Crippen LogP contribution in [0.3, 0.4) is 0 Å². The predicted octanol–water partition coefficient (Wildman–Crippen LogP) is 1.49. The van der Waals surface area contributed by atoms with Gasteiger partial charge in [0.2, 0.25) is 10.0 Å². The van der Waals surface area contributed by atoms with E-state index in [-0.39, 0.29) is 22.5 Å². The van der Waals surface area contributed by atoms with Crippen molar-refractivity contribution in [2.75, 3.05) is 6.54 Å². The number of nitrogens with two attached hydrogens (primary N) is 1. The molecule has 0 spiro atoms. The quantitative estimate of drug-likeness (QED) is 0.864. The molecule has 1 saturated carbocycles. The smallest absolute Gasteiger partial charge is 0.242 e. The maximum absolute atomic E-state index is 13.0. The number of hydrogen-bond acceptors (Lipinski definition) is 3. The second kappa shape index (κ2) is 5.13. The van der Waals surface area contributed by atoms with E-state index in [1.54, 1.807) is 0 Å². The summed E-state index contributed by atoms with van der Waals surface area (Å²) >= 11 is 5.75. The summed E-state index contributed by atoms with van der Waals surface area (Å²) in [6.07, 6.45) is 2.06. The number of hydrogen-bond donors (Lipinski definition) is 2. The van der Waals surface area contributed by atoms with Gasteiger partial charge in [0.25, 0.3) is 0 Å². The molecule has 0 bridgehead atoms. The summed E-state index contributed by atoms with van der Waals surface area (Å²) in [5.41, 5.74) is 5.80. The standard InChI is InChI=1S/C11H14ClFN2O2S/c12-9-4-3-8(13)5-11(9)18(16,17)15-6-10(14)7-1-2-7/h3-5,7,10,15H,1-2,6,14H2. The van der Waals surface area contributed by atoms with Crippen LogP contribution in [0.4, 0.5) is 4.39 Å². The van der Waals surface area contributed by atoms with Crippen LogP contribution in [0.5, 0.6) is 0 Å². The van der Waals surface area contributed by atoms with E-state index >= 15 is 0 Å². The average molecular weight is 293 g/mol. The summed E-state index contributed by atoms with van der Waals surface area (Å²) in [5, 5.41) is -0.0103. The number of sulfonamides is 1. The second-order valence-corrected chi connectivity index (χ2v) is 6.57. The molecule has 1 aromatic rings. The molecule has 4 nitrogen and oxygen atoms in total. The zero-order chi connectivity index (χ0) is 13.3. The fourth-order valence-corrected chi connectivity index (χ4v) is 3.24. The molecule has 1 aliphatic carbocycles. The largest absolute Gasteiger partial charge is 0.326 e. The minimum Gasteiger partial charge on any atom is -0.326 e. The van der Waals surface area contributed by atoms with Crippen LogP contribution in [-0.2, 0) is 10.0 Å². The molecule has 1 aromatic carbocycles. The van der Waals surface area contributed by atoms with Gasteiger partial charge in [-0.3, -0.25) is 0 Å². The van der Waals surface area contributed by atoms with Gasteiger partial charge in [-0.1, -0.05) is 11.6 Å². The van der Waals surface area contributed by atoms with Gasteiger partial charge >= 0.3 is 0 Å².